The van der Waals surface area contributed by atoms with E-state index in [2.05, 4.69) is 49.8 Å². The Morgan fingerprint density at radius 3 is 2.81 bits per heavy atom. The molecule has 4 heterocycles. The van der Waals surface area contributed by atoms with Crippen LogP contribution in [0.25, 0.3) is 20.9 Å². The molecule has 1 N–H and O–H groups in total. The number of H-pyrrole nitrogens is 1. The molecule has 4 aromatic rings. The topological polar surface area (TPSA) is 48.1 Å². The van der Waals surface area contributed by atoms with Crippen LogP contribution in [-0.4, -0.2) is 46.0 Å². The van der Waals surface area contributed by atoms with Gasteiger partial charge in [0.05, 0.1) is 21.6 Å². The maximum Gasteiger partial charge on any atom is 0.203 e. The third-order valence-electron chi connectivity index (χ3n) is 4.93. The lowest BCUT2D eigenvalue weighted by atomic mass is 10.3. The summed E-state index contributed by atoms with van der Waals surface area (Å²) in [6, 6.07) is 12.5. The van der Waals surface area contributed by atoms with E-state index in [1.807, 2.05) is 12.1 Å². The summed E-state index contributed by atoms with van der Waals surface area (Å²) < 4.78 is 0. The van der Waals surface area contributed by atoms with E-state index in [9.17, 15) is 0 Å². The van der Waals surface area contributed by atoms with Gasteiger partial charge in [-0.15, -0.1) is 22.7 Å². The van der Waals surface area contributed by atoms with E-state index in [0.29, 0.717) is 0 Å². The average molecular weight is 396 g/mol. The summed E-state index contributed by atoms with van der Waals surface area (Å²) in [7, 11) is 0. The predicted molar refractivity (Wildman–Crippen MR) is 114 cm³/mol. The van der Waals surface area contributed by atoms with Crippen molar-refractivity contribution in [2.45, 2.75) is 13.0 Å². The number of thiazole rings is 1. The summed E-state index contributed by atoms with van der Waals surface area (Å²) in [4.78, 5) is 19.2. The molecule has 1 aliphatic rings. The number of nitrogens with one attached hydrogen (secondary N) is 1. The van der Waals surface area contributed by atoms with Crippen molar-refractivity contribution in [3.63, 3.8) is 0 Å². The number of fused-ring (bicyclic) bond motifs is 1. The number of aromatic nitrogens is 3. The van der Waals surface area contributed by atoms with Gasteiger partial charge in [-0.25, -0.2) is 9.97 Å². The van der Waals surface area contributed by atoms with Gasteiger partial charge in [0.15, 0.2) is 0 Å². The van der Waals surface area contributed by atoms with Crippen LogP contribution in [0.1, 0.15) is 12.1 Å². The number of thiophene rings is 1. The van der Waals surface area contributed by atoms with Crippen molar-refractivity contribution in [1.29, 1.82) is 0 Å². The molecule has 5 rings (SSSR count). The molecule has 1 aliphatic heterocycles. The zero-order valence-electron chi connectivity index (χ0n) is 15.0. The minimum absolute atomic E-state index is 0.926. The van der Waals surface area contributed by atoms with Gasteiger partial charge >= 0.3 is 0 Å². The lowest BCUT2D eigenvalue weighted by Crippen LogP contribution is -2.31. The van der Waals surface area contributed by atoms with Crippen LogP contribution in [0.3, 0.4) is 0 Å². The molecule has 0 bridgehead atoms. The highest BCUT2D eigenvalue weighted by Crippen LogP contribution is 2.28. The first-order chi connectivity index (χ1) is 13.3. The number of imidazole rings is 1. The van der Waals surface area contributed by atoms with Gasteiger partial charge in [-0.1, -0.05) is 18.2 Å². The van der Waals surface area contributed by atoms with Gasteiger partial charge in [-0.05, 0) is 30.0 Å². The van der Waals surface area contributed by atoms with Crippen LogP contribution in [0.2, 0.25) is 0 Å². The molecule has 0 radical (unpaired) electrons. The van der Waals surface area contributed by atoms with Crippen molar-refractivity contribution in [2.24, 2.45) is 0 Å². The number of nitrogens with zero attached hydrogens (tertiary/aromatic N) is 4. The monoisotopic (exact) mass is 395 g/mol. The van der Waals surface area contributed by atoms with Crippen molar-refractivity contribution in [3.8, 4) is 9.88 Å². The van der Waals surface area contributed by atoms with Crippen LogP contribution in [0.15, 0.2) is 47.2 Å². The minimum atomic E-state index is 0.926. The van der Waals surface area contributed by atoms with Crippen molar-refractivity contribution in [1.82, 2.24) is 19.9 Å². The molecule has 1 aromatic carbocycles. The van der Waals surface area contributed by atoms with E-state index in [1.54, 1.807) is 22.7 Å². The Morgan fingerprint density at radius 2 is 1.93 bits per heavy atom. The second kappa shape index (κ2) is 7.42. The molecule has 5 nitrogen and oxygen atoms in total. The van der Waals surface area contributed by atoms with Gasteiger partial charge in [-0.2, -0.15) is 0 Å². The molecule has 0 amide bonds. The number of rotatable bonds is 4. The van der Waals surface area contributed by atoms with Crippen molar-refractivity contribution < 1.29 is 0 Å². The van der Waals surface area contributed by atoms with Gasteiger partial charge in [0.2, 0.25) is 5.95 Å². The summed E-state index contributed by atoms with van der Waals surface area (Å²) in [5.74, 6) is 0.992. The SMILES string of the molecule is c1csc(-c2nc(CN3CCCN(c4nc5ccccc5[nH]4)CC3)cs2)c1. The van der Waals surface area contributed by atoms with Crippen LogP contribution >= 0.6 is 22.7 Å². The molecule has 1 fully saturated rings. The van der Waals surface area contributed by atoms with E-state index in [-0.39, 0.29) is 0 Å². The van der Waals surface area contributed by atoms with Crippen LogP contribution in [0.4, 0.5) is 5.95 Å². The molecule has 3 aromatic heterocycles. The zero-order chi connectivity index (χ0) is 18.1. The van der Waals surface area contributed by atoms with Gasteiger partial charge in [0.1, 0.15) is 5.01 Å². The lowest BCUT2D eigenvalue weighted by Gasteiger charge is -2.20. The van der Waals surface area contributed by atoms with E-state index in [0.717, 1.165) is 61.1 Å². The Hall–Kier alpha value is -2.22. The molecule has 0 atom stereocenters. The average Bonchev–Trinajstić information content (AvgIpc) is 3.40. The number of aromatic amines is 1. The van der Waals surface area contributed by atoms with E-state index in [1.165, 1.54) is 10.6 Å². The Bertz CT molecular complexity index is 987. The second-order valence-electron chi connectivity index (χ2n) is 6.82. The van der Waals surface area contributed by atoms with Gasteiger partial charge < -0.3 is 9.88 Å². The van der Waals surface area contributed by atoms with Crippen molar-refractivity contribution in [2.75, 3.05) is 31.1 Å². The van der Waals surface area contributed by atoms with Gasteiger partial charge in [-0.3, -0.25) is 4.90 Å². The van der Waals surface area contributed by atoms with Crippen LogP contribution in [-0.2, 0) is 6.54 Å². The van der Waals surface area contributed by atoms with Gasteiger partial charge in [0, 0.05) is 38.1 Å². The second-order valence-corrected chi connectivity index (χ2v) is 8.62. The van der Waals surface area contributed by atoms with E-state index in [4.69, 9.17) is 9.97 Å². The fourth-order valence-electron chi connectivity index (χ4n) is 3.55. The molecule has 1 saturated heterocycles. The molecule has 0 saturated carbocycles. The van der Waals surface area contributed by atoms with Crippen LogP contribution in [0, 0.1) is 0 Å². The highest BCUT2D eigenvalue weighted by molar-refractivity contribution is 7.20. The Labute approximate surface area is 166 Å². The fraction of sp³-hybridized carbons (Fsp3) is 0.300. The summed E-state index contributed by atoms with van der Waals surface area (Å²) in [6.45, 7) is 5.08. The lowest BCUT2D eigenvalue weighted by molar-refractivity contribution is 0.282. The van der Waals surface area contributed by atoms with Crippen molar-refractivity contribution >= 4 is 39.7 Å². The normalized spacial score (nSPS) is 16.1. The molecular weight excluding hydrogens is 374 g/mol. The maximum absolute atomic E-state index is 4.84. The summed E-state index contributed by atoms with van der Waals surface area (Å²) in [6.07, 6.45) is 1.14. The number of hydrogen-bond donors (Lipinski definition) is 1. The first-order valence-electron chi connectivity index (χ1n) is 9.25. The molecular formula is C20H21N5S2. The molecule has 27 heavy (non-hydrogen) atoms. The van der Waals surface area contributed by atoms with Crippen LogP contribution in [0.5, 0.6) is 0 Å². The quantitative estimate of drug-likeness (QED) is 0.554. The third kappa shape index (κ3) is 3.63. The number of hydrogen-bond acceptors (Lipinski definition) is 6. The smallest absolute Gasteiger partial charge is 0.203 e. The Balaban J connectivity index is 1.25. The van der Waals surface area contributed by atoms with Crippen LogP contribution < -0.4 is 4.90 Å². The predicted octanol–water partition coefficient (Wildman–Crippen LogP) is 4.46. The third-order valence-corrected chi connectivity index (χ3v) is 6.86. The number of benzene rings is 1. The highest BCUT2D eigenvalue weighted by atomic mass is 32.1. The Morgan fingerprint density at radius 1 is 0.963 bits per heavy atom. The molecule has 0 unspecified atom stereocenters. The first-order valence-corrected chi connectivity index (χ1v) is 11.0. The van der Waals surface area contributed by atoms with E-state index < -0.39 is 0 Å². The summed E-state index contributed by atoms with van der Waals surface area (Å²) >= 11 is 3.50. The molecule has 138 valence electrons. The first kappa shape index (κ1) is 16.9. The maximum atomic E-state index is 4.84. The van der Waals surface area contributed by atoms with Crippen molar-refractivity contribution in [3.05, 3.63) is 52.9 Å². The van der Waals surface area contributed by atoms with E-state index >= 15 is 0 Å². The molecule has 7 heteroatoms. The van der Waals surface area contributed by atoms with Gasteiger partial charge in [0.25, 0.3) is 0 Å². The Kier molecular flexibility index (Phi) is 4.65. The standard InChI is InChI=1S/C20H21N5S2/c1-2-6-17-16(5-1)22-20(23-17)25-9-4-8-24(10-11-25)13-15-14-27-19(21-15)18-7-3-12-26-18/h1-3,5-7,12,14H,4,8-11,13H2,(H,22,23). The zero-order valence-corrected chi connectivity index (χ0v) is 16.6. The number of anilines is 1. The summed E-state index contributed by atoms with van der Waals surface area (Å²) in [5, 5.41) is 5.45. The summed E-state index contributed by atoms with van der Waals surface area (Å²) in [5.41, 5.74) is 3.33. The largest absolute Gasteiger partial charge is 0.341 e. The number of para-hydroxylation sites is 2. The fourth-order valence-corrected chi connectivity index (χ4v) is 5.18. The highest BCUT2D eigenvalue weighted by Gasteiger charge is 2.18. The molecule has 0 aliphatic carbocycles. The molecule has 0 spiro atoms. The minimum Gasteiger partial charge on any atom is -0.341 e.